The van der Waals surface area contributed by atoms with E-state index < -0.39 is 0 Å². The van der Waals surface area contributed by atoms with Crippen LogP contribution in [-0.4, -0.2) is 0 Å². The van der Waals surface area contributed by atoms with E-state index >= 15 is 0 Å². The SMILES string of the molecule is Cc1[c-]cccc1C(C)C.[CH3-].[U+2]. The van der Waals surface area contributed by atoms with Crippen molar-refractivity contribution in [1.29, 1.82) is 0 Å². The van der Waals surface area contributed by atoms with Crippen LogP contribution in [0.15, 0.2) is 18.2 Å². The van der Waals surface area contributed by atoms with Gasteiger partial charge in [0.05, 0.1) is 0 Å². The van der Waals surface area contributed by atoms with Crippen LogP contribution < -0.4 is 0 Å². The summed E-state index contributed by atoms with van der Waals surface area (Å²) in [6, 6.07) is 9.35. The second-order valence-corrected chi connectivity index (χ2v) is 2.91. The van der Waals surface area contributed by atoms with E-state index in [1.54, 1.807) is 0 Å². The molecule has 0 radical (unpaired) electrons. The third-order valence-electron chi connectivity index (χ3n) is 1.73. The normalized spacial score (nSPS) is 8.67. The molecule has 0 amide bonds. The summed E-state index contributed by atoms with van der Waals surface area (Å²) >= 11 is 0. The van der Waals surface area contributed by atoms with Crippen molar-refractivity contribution in [3.63, 3.8) is 0 Å². The van der Waals surface area contributed by atoms with Crippen molar-refractivity contribution in [2.75, 3.05) is 0 Å². The fraction of sp³-hybridized carbons (Fsp3) is 0.364. The van der Waals surface area contributed by atoms with Crippen LogP contribution >= 0.6 is 0 Å². The molecule has 0 aliphatic carbocycles. The van der Waals surface area contributed by atoms with Gasteiger partial charge in [-0.3, -0.25) is 0 Å². The number of rotatable bonds is 1. The van der Waals surface area contributed by atoms with Crippen molar-refractivity contribution in [3.8, 4) is 0 Å². The van der Waals surface area contributed by atoms with Gasteiger partial charge in [0.1, 0.15) is 0 Å². The van der Waals surface area contributed by atoms with Crippen LogP contribution in [0.5, 0.6) is 0 Å². The molecule has 0 spiro atoms. The monoisotopic (exact) mass is 386 g/mol. The van der Waals surface area contributed by atoms with Crippen molar-refractivity contribution in [2.24, 2.45) is 0 Å². The molecule has 1 rings (SSSR count). The molecule has 0 bridgehead atoms. The van der Waals surface area contributed by atoms with Gasteiger partial charge >= 0.3 is 31.1 Å². The van der Waals surface area contributed by atoms with Gasteiger partial charge in [0, 0.05) is 0 Å². The molecule has 12 heavy (non-hydrogen) atoms. The molecule has 0 saturated carbocycles. The average Bonchev–Trinajstić information content (AvgIpc) is 1.88. The molecule has 0 aromatic heterocycles. The van der Waals surface area contributed by atoms with Crippen LogP contribution in [-0.2, 0) is 0 Å². The summed E-state index contributed by atoms with van der Waals surface area (Å²) in [4.78, 5) is 0. The standard InChI is InChI=1S/C10H13.CH3.U/c1-8(2)10-7-5-4-6-9(10)3;;/h4-5,7-8H,1-3H3;1H3;/q2*-1;+2. The van der Waals surface area contributed by atoms with Gasteiger partial charge in [-0.2, -0.15) is 35.4 Å². The van der Waals surface area contributed by atoms with Gasteiger partial charge in [0.2, 0.25) is 0 Å². The maximum Gasteiger partial charge on any atom is 2.00 e. The average molecular weight is 386 g/mol. The molecule has 1 heteroatoms. The zero-order valence-electron chi connectivity index (χ0n) is 8.31. The maximum absolute atomic E-state index is 3.18. The largest absolute Gasteiger partial charge is 2.00 e. The van der Waals surface area contributed by atoms with E-state index in [1.165, 1.54) is 11.1 Å². The summed E-state index contributed by atoms with van der Waals surface area (Å²) in [5.41, 5.74) is 2.68. The minimum atomic E-state index is 0. The van der Waals surface area contributed by atoms with Crippen LogP contribution in [0.3, 0.4) is 0 Å². The van der Waals surface area contributed by atoms with Gasteiger partial charge in [-0.25, -0.2) is 0 Å². The summed E-state index contributed by atoms with van der Waals surface area (Å²) in [5.74, 6) is 0.623. The number of hydrogen-bond acceptors (Lipinski definition) is 0. The molecule has 0 unspecified atom stereocenters. The minimum Gasteiger partial charge on any atom is -0.358 e. The van der Waals surface area contributed by atoms with Crippen molar-refractivity contribution in [2.45, 2.75) is 26.7 Å². The first-order valence-corrected chi connectivity index (χ1v) is 3.69. The van der Waals surface area contributed by atoms with E-state index in [-0.39, 0.29) is 38.5 Å². The van der Waals surface area contributed by atoms with Gasteiger partial charge in [-0.15, -0.1) is 0 Å². The Morgan fingerprint density at radius 3 is 2.25 bits per heavy atom. The van der Waals surface area contributed by atoms with E-state index in [4.69, 9.17) is 0 Å². The van der Waals surface area contributed by atoms with Crippen molar-refractivity contribution >= 4 is 0 Å². The Labute approximate surface area is 100 Å². The maximum atomic E-state index is 3.18. The molecule has 0 saturated heterocycles. The van der Waals surface area contributed by atoms with Crippen molar-refractivity contribution in [3.05, 3.63) is 42.8 Å². The quantitative estimate of drug-likeness (QED) is 0.650. The first kappa shape index (κ1) is 14.8. The molecule has 0 fully saturated rings. The Morgan fingerprint density at radius 1 is 1.33 bits per heavy atom. The Kier molecular flexibility index (Phi) is 8.31. The number of aryl methyl sites for hydroxylation is 1. The zero-order chi connectivity index (χ0) is 7.56. The number of benzene rings is 1. The van der Waals surface area contributed by atoms with Crippen molar-refractivity contribution in [1.82, 2.24) is 0 Å². The van der Waals surface area contributed by atoms with Gasteiger partial charge < -0.3 is 7.43 Å². The van der Waals surface area contributed by atoms with Gasteiger partial charge in [0.15, 0.2) is 0 Å². The molecule has 0 N–H and O–H groups in total. The predicted octanol–water partition coefficient (Wildman–Crippen LogP) is 3.37. The first-order chi connectivity index (χ1) is 4.72. The fourth-order valence-electron chi connectivity index (χ4n) is 1.16. The molecule has 0 nitrogen and oxygen atoms in total. The van der Waals surface area contributed by atoms with Gasteiger partial charge in [0.25, 0.3) is 0 Å². The topological polar surface area (TPSA) is 0 Å². The second kappa shape index (κ2) is 6.75. The Balaban J connectivity index is 0. The van der Waals surface area contributed by atoms with Crippen LogP contribution in [0, 0.1) is 51.5 Å². The molecule has 0 aliphatic heterocycles. The first-order valence-electron chi connectivity index (χ1n) is 3.69. The molecule has 64 valence electrons. The summed E-state index contributed by atoms with van der Waals surface area (Å²) in [5, 5.41) is 0. The Morgan fingerprint density at radius 2 is 1.92 bits per heavy atom. The fourth-order valence-corrected chi connectivity index (χ4v) is 1.16. The van der Waals surface area contributed by atoms with Gasteiger partial charge in [-0.1, -0.05) is 26.7 Å². The van der Waals surface area contributed by atoms with Crippen LogP contribution in [0.4, 0.5) is 0 Å². The molecule has 0 aliphatic rings. The van der Waals surface area contributed by atoms with Crippen LogP contribution in [0.1, 0.15) is 30.9 Å². The van der Waals surface area contributed by atoms with E-state index in [0.29, 0.717) is 5.92 Å². The Bertz CT molecular complexity index is 216. The molecule has 0 heterocycles. The summed E-state index contributed by atoms with van der Waals surface area (Å²) in [6.07, 6.45) is 0. The number of hydrogen-bond donors (Lipinski definition) is 0. The molecule has 1 aromatic rings. The molecular formula is C11H16U. The minimum absolute atomic E-state index is 0. The van der Waals surface area contributed by atoms with Crippen molar-refractivity contribution < 1.29 is 31.1 Å². The Hall–Kier alpha value is 0.272. The van der Waals surface area contributed by atoms with E-state index in [0.717, 1.165) is 0 Å². The molecular weight excluding hydrogens is 370 g/mol. The van der Waals surface area contributed by atoms with Gasteiger partial charge in [-0.05, 0) is 0 Å². The molecule has 1 aromatic carbocycles. The van der Waals surface area contributed by atoms with E-state index in [9.17, 15) is 0 Å². The molecule has 0 atom stereocenters. The second-order valence-electron chi connectivity index (χ2n) is 2.91. The predicted molar refractivity (Wildman–Crippen MR) is 50.5 cm³/mol. The third-order valence-corrected chi connectivity index (χ3v) is 1.73. The zero-order valence-corrected chi connectivity index (χ0v) is 12.5. The van der Waals surface area contributed by atoms with Crippen LogP contribution in [0.2, 0.25) is 0 Å². The third kappa shape index (κ3) is 3.79. The van der Waals surface area contributed by atoms with E-state index in [1.807, 2.05) is 12.1 Å². The van der Waals surface area contributed by atoms with Crippen LogP contribution in [0.25, 0.3) is 0 Å². The summed E-state index contributed by atoms with van der Waals surface area (Å²) in [7, 11) is 0. The summed E-state index contributed by atoms with van der Waals surface area (Å²) < 4.78 is 0. The van der Waals surface area contributed by atoms with E-state index in [2.05, 4.69) is 32.9 Å². The summed E-state index contributed by atoms with van der Waals surface area (Å²) in [6.45, 7) is 6.52. The smallest absolute Gasteiger partial charge is 0.358 e.